The summed E-state index contributed by atoms with van der Waals surface area (Å²) in [4.78, 5) is 0. The first-order chi connectivity index (χ1) is 9.11. The quantitative estimate of drug-likeness (QED) is 0.650. The molecule has 2 unspecified atom stereocenters. The number of fused-ring (bicyclic) bond motifs is 1. The lowest BCUT2D eigenvalue weighted by molar-refractivity contribution is 0.321. The third-order valence-electron chi connectivity index (χ3n) is 4.71. The normalized spacial score (nSPS) is 33.0. The van der Waals surface area contributed by atoms with E-state index in [9.17, 15) is 10.5 Å². The molecule has 0 N–H and O–H groups in total. The van der Waals surface area contributed by atoms with Crippen LogP contribution in [0.25, 0.3) is 0 Å². The lowest BCUT2D eigenvalue weighted by atomic mass is 9.77. The Morgan fingerprint density at radius 3 is 1.45 bits per heavy atom. The lowest BCUT2D eigenvalue weighted by Crippen LogP contribution is -2.18. The summed E-state index contributed by atoms with van der Waals surface area (Å²) in [5.41, 5.74) is 1.95. The van der Waals surface area contributed by atoms with Gasteiger partial charge in [-0.3, -0.25) is 0 Å². The predicted molar refractivity (Wildman–Crippen MR) is 80.3 cm³/mol. The molecule has 0 aromatic rings. The van der Waals surface area contributed by atoms with Gasteiger partial charge in [0.25, 0.3) is 0 Å². The Kier molecular flexibility index (Phi) is 3.34. The number of nitriles is 2. The van der Waals surface area contributed by atoms with Crippen LogP contribution in [-0.4, -0.2) is 0 Å². The maximum Gasteiger partial charge on any atom is 0.0947 e. The highest BCUT2D eigenvalue weighted by Crippen LogP contribution is 2.63. The molecule has 1 saturated carbocycles. The summed E-state index contributed by atoms with van der Waals surface area (Å²) in [6.45, 7) is 13.1. The van der Waals surface area contributed by atoms with Crippen molar-refractivity contribution in [2.75, 3.05) is 0 Å². The molecule has 2 nitrogen and oxygen atoms in total. The number of hydrogen-bond donors (Lipinski definition) is 0. The van der Waals surface area contributed by atoms with Gasteiger partial charge in [0.05, 0.1) is 12.1 Å². The minimum Gasteiger partial charge on any atom is -0.193 e. The Morgan fingerprint density at radius 2 is 1.20 bits per heavy atom. The molecule has 2 heteroatoms. The summed E-state index contributed by atoms with van der Waals surface area (Å²) in [6, 6.07) is 4.81. The van der Waals surface area contributed by atoms with Crippen molar-refractivity contribution in [3.63, 3.8) is 0 Å². The molecule has 0 spiro atoms. The summed E-state index contributed by atoms with van der Waals surface area (Å²) in [6.07, 6.45) is 4.21. The zero-order chi connectivity index (χ0) is 15.3. The van der Waals surface area contributed by atoms with E-state index in [1.165, 1.54) is 0 Å². The molecule has 106 valence electrons. The minimum absolute atomic E-state index is 0.0399. The smallest absolute Gasteiger partial charge is 0.0947 e. The standard InChI is InChI=1S/C18H24N2/c1-17(2,3)13-7-11(9-19)14-15(12(8-13)10-20)16(14)18(4,5)6/h7-8,13-16H,1-6H3. The average Bonchev–Trinajstić information content (AvgIpc) is 3.02. The van der Waals surface area contributed by atoms with E-state index < -0.39 is 0 Å². The Hall–Kier alpha value is -1.54. The van der Waals surface area contributed by atoms with Crippen molar-refractivity contribution < 1.29 is 0 Å². The summed E-state index contributed by atoms with van der Waals surface area (Å²) >= 11 is 0. The molecule has 0 radical (unpaired) electrons. The van der Waals surface area contributed by atoms with E-state index in [2.05, 4.69) is 65.8 Å². The van der Waals surface area contributed by atoms with Gasteiger partial charge in [0.2, 0.25) is 0 Å². The van der Waals surface area contributed by atoms with E-state index in [0.717, 1.165) is 11.1 Å². The highest BCUT2D eigenvalue weighted by molar-refractivity contribution is 5.46. The van der Waals surface area contributed by atoms with Crippen molar-refractivity contribution >= 4 is 0 Å². The molecule has 0 aromatic heterocycles. The minimum atomic E-state index is 0.0399. The Balaban J connectivity index is 2.47. The molecule has 1 fully saturated rings. The van der Waals surface area contributed by atoms with Crippen molar-refractivity contribution in [3.8, 4) is 12.1 Å². The van der Waals surface area contributed by atoms with Crippen LogP contribution in [0.3, 0.4) is 0 Å². The van der Waals surface area contributed by atoms with Crippen LogP contribution in [-0.2, 0) is 0 Å². The first-order valence-corrected chi connectivity index (χ1v) is 7.35. The summed E-state index contributed by atoms with van der Waals surface area (Å²) in [5, 5.41) is 19.0. The summed E-state index contributed by atoms with van der Waals surface area (Å²) in [7, 11) is 0. The van der Waals surface area contributed by atoms with Crippen molar-refractivity contribution in [2.45, 2.75) is 41.5 Å². The van der Waals surface area contributed by atoms with E-state index in [4.69, 9.17) is 0 Å². The van der Waals surface area contributed by atoms with Gasteiger partial charge in [-0.1, -0.05) is 53.7 Å². The molecule has 0 aromatic carbocycles. The number of nitrogens with zero attached hydrogens (tertiary/aromatic N) is 2. The van der Waals surface area contributed by atoms with Crippen molar-refractivity contribution in [1.29, 1.82) is 10.5 Å². The maximum atomic E-state index is 9.51. The van der Waals surface area contributed by atoms with E-state index >= 15 is 0 Å². The highest BCUT2D eigenvalue weighted by Gasteiger charge is 2.59. The van der Waals surface area contributed by atoms with Gasteiger partial charge >= 0.3 is 0 Å². The molecular formula is C18H24N2. The maximum absolute atomic E-state index is 9.51. The predicted octanol–water partition coefficient (Wildman–Crippen LogP) is 4.47. The topological polar surface area (TPSA) is 47.6 Å². The van der Waals surface area contributed by atoms with Gasteiger partial charge in [0, 0.05) is 28.9 Å². The second-order valence-corrected chi connectivity index (χ2v) is 8.30. The van der Waals surface area contributed by atoms with Crippen LogP contribution in [0.4, 0.5) is 0 Å². The largest absolute Gasteiger partial charge is 0.193 e. The van der Waals surface area contributed by atoms with E-state index in [0.29, 0.717) is 5.92 Å². The molecule has 0 amide bonds. The van der Waals surface area contributed by atoms with Gasteiger partial charge in [-0.2, -0.15) is 10.5 Å². The molecule has 2 aliphatic rings. The molecule has 0 saturated heterocycles. The molecule has 2 atom stereocenters. The van der Waals surface area contributed by atoms with Gasteiger partial charge in [0.15, 0.2) is 0 Å². The van der Waals surface area contributed by atoms with Crippen LogP contribution >= 0.6 is 0 Å². The van der Waals surface area contributed by atoms with E-state index in [-0.39, 0.29) is 28.6 Å². The molecule has 0 bridgehead atoms. The van der Waals surface area contributed by atoms with E-state index in [1.807, 2.05) is 0 Å². The van der Waals surface area contributed by atoms with Crippen LogP contribution < -0.4 is 0 Å². The fourth-order valence-electron chi connectivity index (χ4n) is 3.54. The number of allylic oxidation sites excluding steroid dienone is 4. The molecule has 0 heterocycles. The van der Waals surface area contributed by atoms with Gasteiger partial charge < -0.3 is 0 Å². The van der Waals surface area contributed by atoms with Gasteiger partial charge in [0.1, 0.15) is 0 Å². The summed E-state index contributed by atoms with van der Waals surface area (Å²) < 4.78 is 0. The molecule has 20 heavy (non-hydrogen) atoms. The number of rotatable bonds is 0. The van der Waals surface area contributed by atoms with Crippen molar-refractivity contribution in [2.24, 2.45) is 34.5 Å². The van der Waals surface area contributed by atoms with Crippen LogP contribution in [0.15, 0.2) is 23.3 Å². The Morgan fingerprint density at radius 1 is 0.800 bits per heavy atom. The lowest BCUT2D eigenvalue weighted by Gasteiger charge is -2.26. The van der Waals surface area contributed by atoms with Crippen LogP contribution in [0.1, 0.15) is 41.5 Å². The fraction of sp³-hybridized carbons (Fsp3) is 0.667. The SMILES string of the molecule is CC(C)(C)C1C=C(C#N)C2C(C(C#N)=C1)C2C(C)(C)C. The highest BCUT2D eigenvalue weighted by atomic mass is 14.6. The third kappa shape index (κ3) is 2.40. The first-order valence-electron chi connectivity index (χ1n) is 7.35. The average molecular weight is 268 g/mol. The fourth-order valence-corrected chi connectivity index (χ4v) is 3.54. The third-order valence-corrected chi connectivity index (χ3v) is 4.71. The van der Waals surface area contributed by atoms with Crippen molar-refractivity contribution in [1.82, 2.24) is 0 Å². The van der Waals surface area contributed by atoms with Crippen LogP contribution in [0, 0.1) is 57.2 Å². The number of hydrogen-bond acceptors (Lipinski definition) is 2. The Bertz CT molecular complexity index is 514. The Labute approximate surface area is 122 Å². The van der Waals surface area contributed by atoms with E-state index in [1.54, 1.807) is 0 Å². The molecule has 0 aliphatic heterocycles. The van der Waals surface area contributed by atoms with Gasteiger partial charge in [-0.25, -0.2) is 0 Å². The van der Waals surface area contributed by atoms with Crippen molar-refractivity contribution in [3.05, 3.63) is 23.3 Å². The monoisotopic (exact) mass is 268 g/mol. The first kappa shape index (κ1) is 14.9. The van der Waals surface area contributed by atoms with Crippen LogP contribution in [0.2, 0.25) is 0 Å². The zero-order valence-electron chi connectivity index (χ0n) is 13.4. The second kappa shape index (κ2) is 4.49. The molecule has 2 rings (SSSR count). The van der Waals surface area contributed by atoms with Gasteiger partial charge in [-0.15, -0.1) is 0 Å². The van der Waals surface area contributed by atoms with Gasteiger partial charge in [-0.05, 0) is 16.7 Å². The summed E-state index contributed by atoms with van der Waals surface area (Å²) in [5.74, 6) is 1.08. The zero-order valence-corrected chi connectivity index (χ0v) is 13.4. The molecular weight excluding hydrogens is 244 g/mol. The van der Waals surface area contributed by atoms with Crippen LogP contribution in [0.5, 0.6) is 0 Å². The molecule has 2 aliphatic carbocycles. The second-order valence-electron chi connectivity index (χ2n) is 8.30.